The molecule has 1 heterocycles. The van der Waals surface area contributed by atoms with Gasteiger partial charge in [-0.3, -0.25) is 10.2 Å². The summed E-state index contributed by atoms with van der Waals surface area (Å²) in [5.41, 5.74) is 4.74. The Morgan fingerprint density at radius 1 is 1.10 bits per heavy atom. The Balaban J connectivity index is 1.92. The number of halogens is 2. The molecule has 6 heteroatoms. The Labute approximate surface area is 124 Å². The van der Waals surface area contributed by atoms with Gasteiger partial charge in [0.05, 0.1) is 11.0 Å². The Hall–Kier alpha value is -2.04. The van der Waals surface area contributed by atoms with Crippen LogP contribution in [0.3, 0.4) is 0 Å². The average molecular weight is 306 g/mol. The molecule has 3 aromatic rings. The van der Waals surface area contributed by atoms with Crippen LogP contribution in [0.25, 0.3) is 11.0 Å². The van der Waals surface area contributed by atoms with E-state index in [1.165, 1.54) is 0 Å². The number of aromatic nitrogens is 2. The minimum absolute atomic E-state index is 0.308. The van der Waals surface area contributed by atoms with Gasteiger partial charge < -0.3 is 0 Å². The largest absolute Gasteiger partial charge is 0.270 e. The first-order valence-corrected chi connectivity index (χ1v) is 6.58. The quantitative estimate of drug-likeness (QED) is 0.784. The minimum Gasteiger partial charge on any atom is -0.267 e. The van der Waals surface area contributed by atoms with Crippen molar-refractivity contribution >= 4 is 40.1 Å². The fraction of sp³-hybridized carbons (Fsp3) is 0. The van der Waals surface area contributed by atoms with Gasteiger partial charge in [0.15, 0.2) is 0 Å². The van der Waals surface area contributed by atoms with Gasteiger partial charge in [0.25, 0.3) is 5.91 Å². The second-order valence-corrected chi connectivity index (χ2v) is 5.08. The van der Waals surface area contributed by atoms with Gasteiger partial charge in [-0.05, 0) is 30.3 Å². The fourth-order valence-corrected chi connectivity index (χ4v) is 2.43. The van der Waals surface area contributed by atoms with Crippen LogP contribution in [0.4, 0.5) is 0 Å². The summed E-state index contributed by atoms with van der Waals surface area (Å²) in [6, 6.07) is 12.2. The lowest BCUT2D eigenvalue weighted by Crippen LogP contribution is -2.22. The summed E-state index contributed by atoms with van der Waals surface area (Å²) in [5.74, 6) is -0.308. The molecule has 1 amide bonds. The number of nitrogens with zero attached hydrogens (tertiary/aromatic N) is 2. The molecular weight excluding hydrogens is 297 g/mol. The molecule has 4 nitrogen and oxygen atoms in total. The van der Waals surface area contributed by atoms with Crippen LogP contribution in [0.15, 0.2) is 48.8 Å². The third-order valence-corrected chi connectivity index (χ3v) is 3.24. The predicted octanol–water partition coefficient (Wildman–Crippen LogP) is 3.73. The van der Waals surface area contributed by atoms with Crippen LogP contribution in [0, 0.1) is 0 Å². The zero-order valence-electron chi connectivity index (χ0n) is 10.2. The highest BCUT2D eigenvalue weighted by Gasteiger charge is 2.10. The van der Waals surface area contributed by atoms with Crippen molar-refractivity contribution in [2.45, 2.75) is 0 Å². The van der Waals surface area contributed by atoms with E-state index in [1.807, 2.05) is 24.3 Å². The summed E-state index contributed by atoms with van der Waals surface area (Å²) in [6.07, 6.45) is 1.55. The molecule has 2 aromatic carbocycles. The highest BCUT2D eigenvalue weighted by molar-refractivity contribution is 6.35. The summed E-state index contributed by atoms with van der Waals surface area (Å²) in [6.45, 7) is 0. The van der Waals surface area contributed by atoms with Gasteiger partial charge in [0.1, 0.15) is 6.33 Å². The molecule has 0 aliphatic heterocycles. The van der Waals surface area contributed by atoms with Gasteiger partial charge in [0, 0.05) is 15.6 Å². The van der Waals surface area contributed by atoms with Crippen molar-refractivity contribution in [3.63, 3.8) is 0 Å². The number of nitrogens with one attached hydrogen (secondary N) is 1. The smallest absolute Gasteiger partial charge is 0.267 e. The Bertz CT molecular complexity index is 778. The van der Waals surface area contributed by atoms with Crippen molar-refractivity contribution in [3.8, 4) is 0 Å². The molecule has 0 saturated carbocycles. The second kappa shape index (κ2) is 5.15. The predicted molar refractivity (Wildman–Crippen MR) is 79.9 cm³/mol. The molecule has 1 aromatic heterocycles. The average Bonchev–Trinajstić information content (AvgIpc) is 2.81. The molecule has 0 aliphatic rings. The molecule has 0 unspecified atom stereocenters. The topological polar surface area (TPSA) is 46.9 Å². The lowest BCUT2D eigenvalue weighted by atomic mass is 10.2. The number of benzene rings is 2. The Morgan fingerprint density at radius 3 is 2.55 bits per heavy atom. The van der Waals surface area contributed by atoms with Crippen molar-refractivity contribution in [1.29, 1.82) is 0 Å². The third kappa shape index (κ3) is 2.48. The molecular formula is C14H9Cl2N3O. The SMILES string of the molecule is O=C(Nn1cnc2ccccc21)c1cc(Cl)cc(Cl)c1. The van der Waals surface area contributed by atoms with Gasteiger partial charge in [0.2, 0.25) is 0 Å². The van der Waals surface area contributed by atoms with Crippen LogP contribution in [0.5, 0.6) is 0 Å². The van der Waals surface area contributed by atoms with Crippen molar-refractivity contribution in [2.75, 3.05) is 5.43 Å². The molecule has 0 spiro atoms. The van der Waals surface area contributed by atoms with E-state index in [0.29, 0.717) is 15.6 Å². The normalized spacial score (nSPS) is 10.7. The molecule has 1 N–H and O–H groups in total. The Kier molecular flexibility index (Phi) is 3.34. The molecule has 0 atom stereocenters. The first-order chi connectivity index (χ1) is 9.63. The number of imidazole rings is 1. The van der Waals surface area contributed by atoms with E-state index in [0.717, 1.165) is 11.0 Å². The van der Waals surface area contributed by atoms with Crippen molar-refractivity contribution in [1.82, 2.24) is 9.66 Å². The summed E-state index contributed by atoms with van der Waals surface area (Å²) < 4.78 is 1.56. The maximum atomic E-state index is 12.2. The Morgan fingerprint density at radius 2 is 1.80 bits per heavy atom. The first-order valence-electron chi connectivity index (χ1n) is 5.83. The maximum Gasteiger partial charge on any atom is 0.270 e. The zero-order chi connectivity index (χ0) is 14.1. The van der Waals surface area contributed by atoms with E-state index in [1.54, 1.807) is 29.2 Å². The summed E-state index contributed by atoms with van der Waals surface area (Å²) in [7, 11) is 0. The number of para-hydroxylation sites is 2. The van der Waals surface area contributed by atoms with Gasteiger partial charge in [-0.2, -0.15) is 0 Å². The summed E-state index contributed by atoms with van der Waals surface area (Å²) >= 11 is 11.8. The van der Waals surface area contributed by atoms with E-state index in [2.05, 4.69) is 10.4 Å². The van der Waals surface area contributed by atoms with Crippen molar-refractivity contribution in [3.05, 3.63) is 64.4 Å². The van der Waals surface area contributed by atoms with Gasteiger partial charge in [-0.15, -0.1) is 0 Å². The molecule has 0 saturated heterocycles. The summed E-state index contributed by atoms with van der Waals surface area (Å²) in [4.78, 5) is 16.4. The number of amides is 1. The van der Waals surface area contributed by atoms with E-state index >= 15 is 0 Å². The highest BCUT2D eigenvalue weighted by Crippen LogP contribution is 2.19. The number of carbonyl (C=O) groups is 1. The molecule has 3 rings (SSSR count). The van der Waals surface area contributed by atoms with Crippen molar-refractivity contribution < 1.29 is 4.79 Å². The lowest BCUT2D eigenvalue weighted by molar-refractivity contribution is 0.101. The second-order valence-electron chi connectivity index (χ2n) is 4.20. The number of hydrogen-bond donors (Lipinski definition) is 1. The van der Waals surface area contributed by atoms with Crippen LogP contribution in [-0.2, 0) is 0 Å². The van der Waals surface area contributed by atoms with Crippen LogP contribution >= 0.6 is 23.2 Å². The first kappa shape index (κ1) is 13.0. The van der Waals surface area contributed by atoms with Gasteiger partial charge >= 0.3 is 0 Å². The van der Waals surface area contributed by atoms with Gasteiger partial charge in [-0.1, -0.05) is 35.3 Å². The molecule has 0 fully saturated rings. The number of rotatable bonds is 2. The number of fused-ring (bicyclic) bond motifs is 1. The highest BCUT2D eigenvalue weighted by atomic mass is 35.5. The number of hydrogen-bond acceptors (Lipinski definition) is 2. The maximum absolute atomic E-state index is 12.2. The van der Waals surface area contributed by atoms with Crippen LogP contribution < -0.4 is 5.43 Å². The molecule has 0 aliphatic carbocycles. The standard InChI is InChI=1S/C14H9Cl2N3O/c15-10-5-9(6-11(16)7-10)14(20)18-19-8-17-12-3-1-2-4-13(12)19/h1-8H,(H,18,20). The van der Waals surface area contributed by atoms with E-state index < -0.39 is 0 Å². The number of carbonyl (C=O) groups excluding carboxylic acids is 1. The molecule has 0 bridgehead atoms. The van der Waals surface area contributed by atoms with E-state index in [9.17, 15) is 4.79 Å². The van der Waals surface area contributed by atoms with Crippen LogP contribution in [-0.4, -0.2) is 15.6 Å². The lowest BCUT2D eigenvalue weighted by Gasteiger charge is -2.07. The van der Waals surface area contributed by atoms with Crippen LogP contribution in [0.2, 0.25) is 10.0 Å². The fourth-order valence-electron chi connectivity index (χ4n) is 1.91. The van der Waals surface area contributed by atoms with Crippen LogP contribution in [0.1, 0.15) is 10.4 Å². The third-order valence-electron chi connectivity index (χ3n) is 2.80. The molecule has 0 radical (unpaired) electrons. The monoisotopic (exact) mass is 305 g/mol. The molecule has 20 heavy (non-hydrogen) atoms. The van der Waals surface area contributed by atoms with Gasteiger partial charge in [-0.25, -0.2) is 9.66 Å². The van der Waals surface area contributed by atoms with E-state index in [-0.39, 0.29) is 5.91 Å². The summed E-state index contributed by atoms with van der Waals surface area (Å²) in [5, 5.41) is 0.830. The van der Waals surface area contributed by atoms with Crippen molar-refractivity contribution in [2.24, 2.45) is 0 Å². The zero-order valence-corrected chi connectivity index (χ0v) is 11.7. The molecule has 100 valence electrons. The minimum atomic E-state index is -0.308. The van der Waals surface area contributed by atoms with E-state index in [4.69, 9.17) is 23.2 Å².